The zero-order valence-corrected chi connectivity index (χ0v) is 20.1. The van der Waals surface area contributed by atoms with Crippen LogP contribution in [0.4, 0.5) is 0 Å². The highest BCUT2D eigenvalue weighted by atomic mass is 16.6. The first kappa shape index (κ1) is 30.0. The minimum Gasteiger partial charge on any atom is -0.460 e. The first-order chi connectivity index (χ1) is 13.0. The van der Waals surface area contributed by atoms with Gasteiger partial charge >= 0.3 is 11.9 Å². The van der Waals surface area contributed by atoms with E-state index in [9.17, 15) is 19.8 Å². The van der Waals surface area contributed by atoms with E-state index in [1.54, 1.807) is 41.5 Å². The topological polar surface area (TPSA) is 102 Å². The average molecular weight is 421 g/mol. The molecule has 0 bridgehead atoms. The van der Waals surface area contributed by atoms with Crippen molar-refractivity contribution in [3.05, 3.63) is 0 Å². The Kier molecular flexibility index (Phi) is 14.4. The Morgan fingerprint density at radius 3 is 1.34 bits per heavy atom. The van der Waals surface area contributed by atoms with Gasteiger partial charge in [0.1, 0.15) is 12.2 Å². The molecule has 2 atom stereocenters. The van der Waals surface area contributed by atoms with Crippen LogP contribution in [0.15, 0.2) is 0 Å². The Morgan fingerprint density at radius 1 is 0.793 bits per heavy atom. The summed E-state index contributed by atoms with van der Waals surface area (Å²) >= 11 is 0. The number of esters is 2. The number of hydrogen-bond donors (Lipinski definition) is 2. The van der Waals surface area contributed by atoms with Crippen LogP contribution in [0.3, 0.4) is 0 Å². The van der Waals surface area contributed by atoms with Crippen LogP contribution in [0.2, 0.25) is 0 Å². The van der Waals surface area contributed by atoms with Gasteiger partial charge in [-0.05, 0) is 27.2 Å². The van der Waals surface area contributed by atoms with Crippen molar-refractivity contribution in [2.75, 3.05) is 13.2 Å². The lowest BCUT2D eigenvalue weighted by Crippen LogP contribution is -2.41. The molecule has 0 aromatic carbocycles. The monoisotopic (exact) mass is 420 g/mol. The van der Waals surface area contributed by atoms with E-state index < -0.39 is 11.2 Å². The molecule has 0 saturated carbocycles. The molecular weight excluding hydrogens is 376 g/mol. The van der Waals surface area contributed by atoms with Gasteiger partial charge in [-0.25, -0.2) is 0 Å². The van der Waals surface area contributed by atoms with E-state index in [-0.39, 0.29) is 36.0 Å². The Bertz CT molecular complexity index is 436. The normalized spacial score (nSPS) is 14.1. The third-order valence-electron chi connectivity index (χ3n) is 4.44. The van der Waals surface area contributed by atoms with E-state index >= 15 is 0 Å². The van der Waals surface area contributed by atoms with Gasteiger partial charge in [-0.3, -0.25) is 9.59 Å². The second kappa shape index (κ2) is 13.9. The molecule has 2 N–H and O–H groups in total. The average Bonchev–Trinajstić information content (AvgIpc) is 2.53. The van der Waals surface area contributed by atoms with Gasteiger partial charge in [-0.15, -0.1) is 0 Å². The van der Waals surface area contributed by atoms with Gasteiger partial charge in [-0.2, -0.15) is 0 Å². The van der Waals surface area contributed by atoms with Crippen LogP contribution in [0.5, 0.6) is 0 Å². The molecule has 0 aliphatic heterocycles. The smallest absolute Gasteiger partial charge is 0.308 e. The summed E-state index contributed by atoms with van der Waals surface area (Å²) in [6.07, 6.45) is 1.20. The van der Waals surface area contributed by atoms with Crippen molar-refractivity contribution in [3.63, 3.8) is 0 Å². The number of aliphatic hydroxyl groups is 2. The van der Waals surface area contributed by atoms with Crippen LogP contribution in [0.1, 0.15) is 82.1 Å². The number of hydrogen-bond acceptors (Lipinski definition) is 7. The third-order valence-corrected chi connectivity index (χ3v) is 4.44. The second-order valence-corrected chi connectivity index (χ2v) is 9.00. The standard InChI is InChI=1S/C14H26O5.C8H18O2/c1-9(2)13(15)18-11(5)7-17-8-12(6)19-14(16)10(3)4;1-5-6-7(2,3)8(4,9)10/h9-12H,7-8H2,1-6H3;9-10H,5-6H2,1-4H3. The van der Waals surface area contributed by atoms with E-state index in [1.807, 2.05) is 20.8 Å². The van der Waals surface area contributed by atoms with Crippen molar-refractivity contribution in [1.82, 2.24) is 0 Å². The zero-order chi connectivity index (χ0) is 23.4. The summed E-state index contributed by atoms with van der Waals surface area (Å²) in [5.74, 6) is -2.32. The van der Waals surface area contributed by atoms with Crippen LogP contribution in [0, 0.1) is 17.3 Å². The minimum atomic E-state index is -1.55. The van der Waals surface area contributed by atoms with Crippen molar-refractivity contribution in [1.29, 1.82) is 0 Å². The van der Waals surface area contributed by atoms with Gasteiger partial charge in [-0.1, -0.05) is 54.9 Å². The molecule has 0 spiro atoms. The van der Waals surface area contributed by atoms with Crippen LogP contribution >= 0.6 is 0 Å². The van der Waals surface area contributed by atoms with Crippen molar-refractivity contribution >= 4 is 11.9 Å². The molecule has 7 nitrogen and oxygen atoms in total. The molecule has 0 aromatic rings. The lowest BCUT2D eigenvalue weighted by molar-refractivity contribution is -0.220. The molecule has 0 rings (SSSR count). The predicted molar refractivity (Wildman–Crippen MR) is 113 cm³/mol. The molecule has 0 saturated heterocycles. The van der Waals surface area contributed by atoms with Crippen molar-refractivity contribution in [3.8, 4) is 0 Å². The predicted octanol–water partition coefficient (Wildman–Crippen LogP) is 3.69. The highest BCUT2D eigenvalue weighted by Crippen LogP contribution is 2.32. The summed E-state index contributed by atoms with van der Waals surface area (Å²) in [5, 5.41) is 18.5. The van der Waals surface area contributed by atoms with E-state index in [1.165, 1.54) is 6.92 Å². The lowest BCUT2D eigenvalue weighted by Gasteiger charge is -2.35. The molecule has 2 unspecified atom stereocenters. The molecule has 0 aliphatic carbocycles. The van der Waals surface area contributed by atoms with Crippen LogP contribution in [-0.2, 0) is 23.8 Å². The Balaban J connectivity index is 0. The second-order valence-electron chi connectivity index (χ2n) is 9.00. The fourth-order valence-electron chi connectivity index (χ4n) is 2.00. The van der Waals surface area contributed by atoms with E-state index in [2.05, 4.69) is 0 Å². The van der Waals surface area contributed by atoms with Gasteiger partial charge in [0, 0.05) is 5.41 Å². The summed E-state index contributed by atoms with van der Waals surface area (Å²) in [6, 6.07) is 0. The van der Waals surface area contributed by atoms with Crippen molar-refractivity contribution in [2.45, 2.75) is 100 Å². The fourth-order valence-corrected chi connectivity index (χ4v) is 2.00. The summed E-state index contributed by atoms with van der Waals surface area (Å²) in [4.78, 5) is 22.6. The van der Waals surface area contributed by atoms with Crippen LogP contribution in [0.25, 0.3) is 0 Å². The highest BCUT2D eigenvalue weighted by Gasteiger charge is 2.36. The highest BCUT2D eigenvalue weighted by molar-refractivity contribution is 5.72. The summed E-state index contributed by atoms with van der Waals surface area (Å²) in [6.45, 7) is 18.4. The van der Waals surface area contributed by atoms with Gasteiger partial charge in [0.05, 0.1) is 25.0 Å². The Hall–Kier alpha value is -1.18. The third kappa shape index (κ3) is 14.4. The molecular formula is C22H44O7. The molecule has 0 radical (unpaired) electrons. The zero-order valence-electron chi connectivity index (χ0n) is 20.1. The van der Waals surface area contributed by atoms with Gasteiger partial charge in [0.2, 0.25) is 0 Å². The molecule has 0 heterocycles. The van der Waals surface area contributed by atoms with Crippen molar-refractivity contribution < 1.29 is 34.0 Å². The largest absolute Gasteiger partial charge is 0.460 e. The maximum Gasteiger partial charge on any atom is 0.308 e. The number of rotatable bonds is 11. The van der Waals surface area contributed by atoms with E-state index in [0.717, 1.165) is 12.8 Å². The molecule has 0 amide bonds. The number of ether oxygens (including phenoxy) is 3. The summed E-state index contributed by atoms with van der Waals surface area (Å²) in [7, 11) is 0. The van der Waals surface area contributed by atoms with E-state index in [4.69, 9.17) is 14.2 Å². The SMILES string of the molecule is CC(COCC(C)OC(=O)C(C)C)OC(=O)C(C)C.CCCC(C)(C)C(C)(O)O. The molecule has 0 aromatic heterocycles. The fraction of sp³-hybridized carbons (Fsp3) is 0.909. The maximum absolute atomic E-state index is 11.3. The molecule has 174 valence electrons. The first-order valence-electron chi connectivity index (χ1n) is 10.5. The van der Waals surface area contributed by atoms with Gasteiger partial charge < -0.3 is 24.4 Å². The van der Waals surface area contributed by atoms with E-state index in [0.29, 0.717) is 13.2 Å². The molecule has 7 heteroatoms. The minimum absolute atomic E-state index is 0.145. The molecule has 29 heavy (non-hydrogen) atoms. The maximum atomic E-state index is 11.3. The Labute approximate surface area is 177 Å². The van der Waals surface area contributed by atoms with Crippen molar-refractivity contribution in [2.24, 2.45) is 17.3 Å². The van der Waals surface area contributed by atoms with Crippen LogP contribution < -0.4 is 0 Å². The van der Waals surface area contributed by atoms with Gasteiger partial charge in [0.25, 0.3) is 0 Å². The van der Waals surface area contributed by atoms with Crippen LogP contribution in [-0.4, -0.2) is 53.4 Å². The number of carbonyl (C=O) groups excluding carboxylic acids is 2. The number of carbonyl (C=O) groups is 2. The molecule has 0 aliphatic rings. The van der Waals surface area contributed by atoms with Gasteiger partial charge in [0.15, 0.2) is 5.79 Å². The lowest BCUT2D eigenvalue weighted by atomic mass is 9.80. The molecule has 0 fully saturated rings. The Morgan fingerprint density at radius 2 is 1.14 bits per heavy atom. The summed E-state index contributed by atoms with van der Waals surface area (Å²) in [5.41, 5.74) is -0.401. The summed E-state index contributed by atoms with van der Waals surface area (Å²) < 4.78 is 15.6. The first-order valence-corrected chi connectivity index (χ1v) is 10.5. The quantitative estimate of drug-likeness (QED) is 0.388.